The molecule has 1 N–H and O–H groups in total. The molecular weight excluding hydrogens is 214 g/mol. The monoisotopic (exact) mass is 231 g/mol. The maximum absolute atomic E-state index is 9.19. The standard InChI is InChI=1S/C13H17N3O/c1-3-16-12(9-17)14-15-13(16)10(2)11-7-5-4-6-8-11/h4-8,10,17H,3,9H2,1-2H3. The molecule has 4 heteroatoms. The number of aliphatic hydroxyl groups is 1. The lowest BCUT2D eigenvalue weighted by atomic mass is 10.0. The molecule has 0 radical (unpaired) electrons. The van der Waals surface area contributed by atoms with Crippen LogP contribution in [0.3, 0.4) is 0 Å². The van der Waals surface area contributed by atoms with Crippen LogP contribution in [0.2, 0.25) is 0 Å². The van der Waals surface area contributed by atoms with Gasteiger partial charge in [0.1, 0.15) is 12.4 Å². The first kappa shape index (κ1) is 11.8. The van der Waals surface area contributed by atoms with Gasteiger partial charge in [-0.25, -0.2) is 0 Å². The molecule has 90 valence electrons. The third kappa shape index (κ3) is 2.22. The fourth-order valence-corrected chi connectivity index (χ4v) is 2.02. The van der Waals surface area contributed by atoms with E-state index in [0.29, 0.717) is 5.82 Å². The van der Waals surface area contributed by atoms with Gasteiger partial charge in [0.05, 0.1) is 0 Å². The number of aliphatic hydroxyl groups excluding tert-OH is 1. The van der Waals surface area contributed by atoms with Gasteiger partial charge in [0.2, 0.25) is 0 Å². The Morgan fingerprint density at radius 1 is 1.24 bits per heavy atom. The Morgan fingerprint density at radius 2 is 1.94 bits per heavy atom. The fourth-order valence-electron chi connectivity index (χ4n) is 2.02. The summed E-state index contributed by atoms with van der Waals surface area (Å²) in [7, 11) is 0. The van der Waals surface area contributed by atoms with E-state index in [4.69, 9.17) is 0 Å². The number of aromatic nitrogens is 3. The Bertz CT molecular complexity index is 479. The van der Waals surface area contributed by atoms with Crippen LogP contribution < -0.4 is 0 Å². The van der Waals surface area contributed by atoms with Crippen molar-refractivity contribution < 1.29 is 5.11 Å². The zero-order chi connectivity index (χ0) is 12.3. The van der Waals surface area contributed by atoms with Gasteiger partial charge in [-0.3, -0.25) is 0 Å². The van der Waals surface area contributed by atoms with E-state index < -0.39 is 0 Å². The lowest BCUT2D eigenvalue weighted by molar-refractivity contribution is 0.264. The Morgan fingerprint density at radius 3 is 2.53 bits per heavy atom. The van der Waals surface area contributed by atoms with Gasteiger partial charge >= 0.3 is 0 Å². The lowest BCUT2D eigenvalue weighted by Gasteiger charge is -2.13. The average Bonchev–Trinajstić information content (AvgIpc) is 2.81. The smallest absolute Gasteiger partial charge is 0.158 e. The molecule has 1 unspecified atom stereocenters. The van der Waals surface area contributed by atoms with Gasteiger partial charge in [-0.1, -0.05) is 37.3 Å². The second kappa shape index (κ2) is 5.10. The summed E-state index contributed by atoms with van der Waals surface area (Å²) in [6, 6.07) is 10.2. The summed E-state index contributed by atoms with van der Waals surface area (Å²) in [6.07, 6.45) is 0. The first-order valence-electron chi connectivity index (χ1n) is 5.85. The molecular formula is C13H17N3O. The highest BCUT2D eigenvalue weighted by atomic mass is 16.3. The third-order valence-electron chi connectivity index (χ3n) is 3.00. The molecule has 1 aromatic carbocycles. The summed E-state index contributed by atoms with van der Waals surface area (Å²) < 4.78 is 1.97. The van der Waals surface area contributed by atoms with E-state index in [1.54, 1.807) is 0 Å². The maximum atomic E-state index is 9.19. The summed E-state index contributed by atoms with van der Waals surface area (Å²) in [6.45, 7) is 4.84. The Balaban J connectivity index is 2.37. The molecule has 17 heavy (non-hydrogen) atoms. The van der Waals surface area contributed by atoms with Gasteiger partial charge in [0, 0.05) is 12.5 Å². The van der Waals surface area contributed by atoms with Crippen molar-refractivity contribution in [3.63, 3.8) is 0 Å². The minimum Gasteiger partial charge on any atom is -0.388 e. The van der Waals surface area contributed by atoms with Crippen LogP contribution in [-0.4, -0.2) is 19.9 Å². The van der Waals surface area contributed by atoms with Crippen molar-refractivity contribution in [1.82, 2.24) is 14.8 Å². The second-order valence-electron chi connectivity index (χ2n) is 4.01. The van der Waals surface area contributed by atoms with Crippen LogP contribution in [0, 0.1) is 0 Å². The predicted molar refractivity (Wildman–Crippen MR) is 65.6 cm³/mol. The van der Waals surface area contributed by atoms with Crippen molar-refractivity contribution in [2.75, 3.05) is 0 Å². The van der Waals surface area contributed by atoms with E-state index in [1.165, 1.54) is 5.56 Å². The van der Waals surface area contributed by atoms with Crippen LogP contribution in [0.15, 0.2) is 30.3 Å². The van der Waals surface area contributed by atoms with E-state index in [-0.39, 0.29) is 12.5 Å². The third-order valence-corrected chi connectivity index (χ3v) is 3.00. The van der Waals surface area contributed by atoms with E-state index in [0.717, 1.165) is 12.4 Å². The quantitative estimate of drug-likeness (QED) is 0.875. The minimum absolute atomic E-state index is 0.0671. The molecule has 1 heterocycles. The molecule has 0 aliphatic carbocycles. The molecule has 2 rings (SSSR count). The summed E-state index contributed by atoms with van der Waals surface area (Å²) in [5.41, 5.74) is 1.21. The minimum atomic E-state index is -0.0671. The molecule has 0 fully saturated rings. The number of nitrogens with zero attached hydrogens (tertiary/aromatic N) is 3. The van der Waals surface area contributed by atoms with Crippen molar-refractivity contribution in [3.8, 4) is 0 Å². The van der Waals surface area contributed by atoms with Crippen molar-refractivity contribution in [2.24, 2.45) is 0 Å². The predicted octanol–water partition coefficient (Wildman–Crippen LogP) is 1.94. The van der Waals surface area contributed by atoms with Crippen LogP contribution in [0.4, 0.5) is 0 Å². The maximum Gasteiger partial charge on any atom is 0.158 e. The molecule has 1 aromatic heterocycles. The summed E-state index contributed by atoms with van der Waals surface area (Å²) in [5, 5.41) is 17.4. The topological polar surface area (TPSA) is 50.9 Å². The van der Waals surface area contributed by atoms with Gasteiger partial charge in [-0.05, 0) is 12.5 Å². The number of rotatable bonds is 4. The van der Waals surface area contributed by atoms with Crippen LogP contribution in [0.1, 0.15) is 37.0 Å². The molecule has 0 spiro atoms. The SMILES string of the molecule is CCn1c(CO)nnc1C(C)c1ccccc1. The first-order valence-corrected chi connectivity index (χ1v) is 5.85. The van der Waals surface area contributed by atoms with Gasteiger partial charge < -0.3 is 9.67 Å². The zero-order valence-electron chi connectivity index (χ0n) is 10.2. The Hall–Kier alpha value is -1.68. The van der Waals surface area contributed by atoms with Crippen molar-refractivity contribution >= 4 is 0 Å². The van der Waals surface area contributed by atoms with Crippen LogP contribution in [0.25, 0.3) is 0 Å². The van der Waals surface area contributed by atoms with E-state index in [2.05, 4.69) is 29.3 Å². The van der Waals surface area contributed by atoms with E-state index in [9.17, 15) is 5.11 Å². The lowest BCUT2D eigenvalue weighted by Crippen LogP contribution is -2.09. The van der Waals surface area contributed by atoms with Crippen LogP contribution in [-0.2, 0) is 13.2 Å². The largest absolute Gasteiger partial charge is 0.388 e. The van der Waals surface area contributed by atoms with Gasteiger partial charge in [0.15, 0.2) is 5.82 Å². The van der Waals surface area contributed by atoms with Crippen molar-refractivity contribution in [1.29, 1.82) is 0 Å². The van der Waals surface area contributed by atoms with Gasteiger partial charge in [-0.15, -0.1) is 10.2 Å². The highest BCUT2D eigenvalue weighted by molar-refractivity contribution is 5.24. The molecule has 4 nitrogen and oxygen atoms in total. The number of hydrogen-bond acceptors (Lipinski definition) is 3. The summed E-state index contributed by atoms with van der Waals surface area (Å²) in [4.78, 5) is 0. The molecule has 2 aromatic rings. The van der Waals surface area contributed by atoms with E-state index >= 15 is 0 Å². The van der Waals surface area contributed by atoms with Crippen molar-refractivity contribution in [3.05, 3.63) is 47.5 Å². The fraction of sp³-hybridized carbons (Fsp3) is 0.385. The summed E-state index contributed by atoms with van der Waals surface area (Å²) >= 11 is 0. The summed E-state index contributed by atoms with van der Waals surface area (Å²) in [5.74, 6) is 1.72. The molecule has 0 saturated carbocycles. The first-order chi connectivity index (χ1) is 8.27. The van der Waals surface area contributed by atoms with Crippen molar-refractivity contribution in [2.45, 2.75) is 32.9 Å². The second-order valence-corrected chi connectivity index (χ2v) is 4.01. The van der Waals surface area contributed by atoms with Crippen LogP contribution >= 0.6 is 0 Å². The molecule has 0 amide bonds. The highest BCUT2D eigenvalue weighted by Gasteiger charge is 2.17. The molecule has 0 bridgehead atoms. The van der Waals surface area contributed by atoms with Crippen LogP contribution in [0.5, 0.6) is 0 Å². The zero-order valence-corrected chi connectivity index (χ0v) is 10.2. The molecule has 0 saturated heterocycles. The molecule has 0 aliphatic heterocycles. The number of hydrogen-bond donors (Lipinski definition) is 1. The Kier molecular flexibility index (Phi) is 3.54. The molecule has 0 aliphatic rings. The average molecular weight is 231 g/mol. The highest BCUT2D eigenvalue weighted by Crippen LogP contribution is 2.22. The normalized spacial score (nSPS) is 12.6. The van der Waals surface area contributed by atoms with Gasteiger partial charge in [0.25, 0.3) is 0 Å². The number of benzene rings is 1. The molecule has 1 atom stereocenters. The Labute approximate surface area is 101 Å². The van der Waals surface area contributed by atoms with E-state index in [1.807, 2.05) is 29.7 Å². The van der Waals surface area contributed by atoms with Gasteiger partial charge in [-0.2, -0.15) is 0 Å².